The van der Waals surface area contributed by atoms with Crippen LogP contribution in [0.3, 0.4) is 0 Å². The normalized spacial score (nSPS) is 16.8. The van der Waals surface area contributed by atoms with Crippen molar-refractivity contribution in [2.24, 2.45) is 5.92 Å². The van der Waals surface area contributed by atoms with Gasteiger partial charge >= 0.3 is 0 Å². The second kappa shape index (κ2) is 5.66. The number of halogens is 1. The van der Waals surface area contributed by atoms with Crippen molar-refractivity contribution in [3.05, 3.63) is 28.8 Å². The molecule has 2 aromatic rings. The fraction of sp³-hybridized carbons (Fsp3) is 0.500. The van der Waals surface area contributed by atoms with Crippen LogP contribution in [0.4, 0.5) is 0 Å². The molecule has 1 aliphatic rings. The summed E-state index contributed by atoms with van der Waals surface area (Å²) in [5, 5.41) is 1.95. The van der Waals surface area contributed by atoms with Crippen molar-refractivity contribution in [3.63, 3.8) is 0 Å². The van der Waals surface area contributed by atoms with Gasteiger partial charge in [-0.05, 0) is 43.9 Å². The zero-order chi connectivity index (χ0) is 14.1. The van der Waals surface area contributed by atoms with Crippen LogP contribution in [-0.2, 0) is 11.3 Å². The van der Waals surface area contributed by atoms with E-state index in [1.807, 2.05) is 12.1 Å². The van der Waals surface area contributed by atoms with Gasteiger partial charge in [0.25, 0.3) is 0 Å². The number of aromatic nitrogens is 1. The van der Waals surface area contributed by atoms with E-state index < -0.39 is 0 Å². The first kappa shape index (κ1) is 13.8. The van der Waals surface area contributed by atoms with Crippen LogP contribution in [0, 0.1) is 12.8 Å². The van der Waals surface area contributed by atoms with Gasteiger partial charge in [0, 0.05) is 35.7 Å². The molecule has 3 nitrogen and oxygen atoms in total. The lowest BCUT2D eigenvalue weighted by molar-refractivity contribution is 0.0610. The van der Waals surface area contributed by atoms with Crippen molar-refractivity contribution in [2.75, 3.05) is 20.3 Å². The van der Waals surface area contributed by atoms with Gasteiger partial charge < -0.3 is 14.0 Å². The average Bonchev–Trinajstić information content (AvgIpc) is 2.72. The summed E-state index contributed by atoms with van der Waals surface area (Å²) in [4.78, 5) is 0. The highest BCUT2D eigenvalue weighted by Crippen LogP contribution is 2.34. The molecule has 1 aromatic heterocycles. The zero-order valence-corrected chi connectivity index (χ0v) is 12.7. The van der Waals surface area contributed by atoms with E-state index in [0.717, 1.165) is 49.1 Å². The molecule has 4 heteroatoms. The minimum absolute atomic E-state index is 0.656. The topological polar surface area (TPSA) is 23.4 Å². The Hall–Kier alpha value is -1.19. The Bertz CT molecular complexity index is 614. The Kier molecular flexibility index (Phi) is 3.90. The van der Waals surface area contributed by atoms with E-state index in [2.05, 4.69) is 17.6 Å². The standard InChI is InChI=1S/C16H20ClNO2/c1-11-14-9-13(17)3-4-15(14)18(16(11)19-2)10-12-5-7-20-8-6-12/h3-4,9,12H,5-8,10H2,1-2H3. The average molecular weight is 294 g/mol. The number of methoxy groups -OCH3 is 1. The number of aryl methyl sites for hydroxylation is 1. The largest absolute Gasteiger partial charge is 0.482 e. The molecular formula is C16H20ClNO2. The van der Waals surface area contributed by atoms with Crippen LogP contribution in [0.5, 0.6) is 5.88 Å². The molecule has 1 saturated heterocycles. The van der Waals surface area contributed by atoms with Gasteiger partial charge in [-0.1, -0.05) is 11.6 Å². The highest BCUT2D eigenvalue weighted by Gasteiger charge is 2.20. The van der Waals surface area contributed by atoms with E-state index in [1.54, 1.807) is 7.11 Å². The molecule has 108 valence electrons. The second-order valence-corrected chi connectivity index (χ2v) is 5.90. The van der Waals surface area contributed by atoms with Crippen molar-refractivity contribution in [1.29, 1.82) is 0 Å². The number of hydrogen-bond donors (Lipinski definition) is 0. The quantitative estimate of drug-likeness (QED) is 0.852. The Morgan fingerprint density at radius 3 is 2.80 bits per heavy atom. The lowest BCUT2D eigenvalue weighted by Crippen LogP contribution is -2.20. The first-order valence-electron chi connectivity index (χ1n) is 7.10. The molecular weight excluding hydrogens is 274 g/mol. The Morgan fingerprint density at radius 2 is 2.10 bits per heavy atom. The highest BCUT2D eigenvalue weighted by atomic mass is 35.5. The number of rotatable bonds is 3. The number of benzene rings is 1. The molecule has 1 aromatic carbocycles. The van der Waals surface area contributed by atoms with E-state index in [9.17, 15) is 0 Å². The third-order valence-corrected chi connectivity index (χ3v) is 4.43. The van der Waals surface area contributed by atoms with Crippen molar-refractivity contribution in [2.45, 2.75) is 26.3 Å². The molecule has 0 saturated carbocycles. The van der Waals surface area contributed by atoms with Crippen LogP contribution in [-0.4, -0.2) is 24.9 Å². The lowest BCUT2D eigenvalue weighted by Gasteiger charge is -2.23. The maximum absolute atomic E-state index is 6.12. The van der Waals surface area contributed by atoms with Crippen molar-refractivity contribution in [1.82, 2.24) is 4.57 Å². The molecule has 0 atom stereocenters. The predicted molar refractivity (Wildman–Crippen MR) is 81.8 cm³/mol. The zero-order valence-electron chi connectivity index (χ0n) is 12.0. The molecule has 0 aliphatic carbocycles. The summed E-state index contributed by atoms with van der Waals surface area (Å²) in [6.45, 7) is 4.82. The lowest BCUT2D eigenvalue weighted by atomic mass is 10.0. The Morgan fingerprint density at radius 1 is 1.35 bits per heavy atom. The molecule has 3 rings (SSSR count). The van der Waals surface area contributed by atoms with Crippen molar-refractivity contribution < 1.29 is 9.47 Å². The first-order chi connectivity index (χ1) is 9.70. The summed E-state index contributed by atoms with van der Waals surface area (Å²) in [6, 6.07) is 6.06. The molecule has 0 amide bonds. The maximum atomic E-state index is 6.12. The molecule has 0 radical (unpaired) electrons. The van der Waals surface area contributed by atoms with E-state index in [-0.39, 0.29) is 0 Å². The van der Waals surface area contributed by atoms with Crippen LogP contribution in [0.25, 0.3) is 10.9 Å². The number of hydrogen-bond acceptors (Lipinski definition) is 2. The Balaban J connectivity index is 2.03. The Labute approximate surface area is 124 Å². The molecule has 20 heavy (non-hydrogen) atoms. The van der Waals surface area contributed by atoms with E-state index in [0.29, 0.717) is 5.92 Å². The number of fused-ring (bicyclic) bond motifs is 1. The van der Waals surface area contributed by atoms with Gasteiger partial charge in [0.1, 0.15) is 0 Å². The summed E-state index contributed by atoms with van der Waals surface area (Å²) in [5.41, 5.74) is 2.37. The van der Waals surface area contributed by atoms with E-state index in [1.165, 1.54) is 10.9 Å². The van der Waals surface area contributed by atoms with Gasteiger partial charge in [-0.2, -0.15) is 0 Å². The van der Waals surface area contributed by atoms with Crippen LogP contribution in [0.2, 0.25) is 5.02 Å². The van der Waals surface area contributed by atoms with Gasteiger partial charge in [0.15, 0.2) is 5.88 Å². The van der Waals surface area contributed by atoms with Crippen molar-refractivity contribution >= 4 is 22.5 Å². The summed E-state index contributed by atoms with van der Waals surface area (Å²) < 4.78 is 13.4. The first-order valence-corrected chi connectivity index (χ1v) is 7.48. The monoisotopic (exact) mass is 293 g/mol. The van der Waals surface area contributed by atoms with Crippen LogP contribution in [0.1, 0.15) is 18.4 Å². The molecule has 2 heterocycles. The number of ether oxygens (including phenoxy) is 2. The molecule has 0 unspecified atom stereocenters. The van der Waals surface area contributed by atoms with Crippen LogP contribution in [0.15, 0.2) is 18.2 Å². The molecule has 1 fully saturated rings. The predicted octanol–water partition coefficient (Wildman–Crippen LogP) is 4.04. The summed E-state index contributed by atoms with van der Waals surface area (Å²) in [6.07, 6.45) is 2.24. The smallest absolute Gasteiger partial charge is 0.197 e. The van der Waals surface area contributed by atoms with E-state index >= 15 is 0 Å². The van der Waals surface area contributed by atoms with E-state index in [4.69, 9.17) is 21.1 Å². The van der Waals surface area contributed by atoms with Crippen molar-refractivity contribution in [3.8, 4) is 5.88 Å². The van der Waals surface area contributed by atoms with Crippen LogP contribution < -0.4 is 4.74 Å². The van der Waals surface area contributed by atoms with Gasteiger partial charge in [-0.25, -0.2) is 0 Å². The highest BCUT2D eigenvalue weighted by molar-refractivity contribution is 6.31. The minimum atomic E-state index is 0.656. The van der Waals surface area contributed by atoms with Gasteiger partial charge in [-0.3, -0.25) is 0 Å². The molecule has 1 aliphatic heterocycles. The fourth-order valence-electron chi connectivity index (χ4n) is 3.10. The third-order valence-electron chi connectivity index (χ3n) is 4.19. The summed E-state index contributed by atoms with van der Waals surface area (Å²) in [5.74, 6) is 1.61. The molecule has 0 bridgehead atoms. The molecule has 0 N–H and O–H groups in total. The second-order valence-electron chi connectivity index (χ2n) is 5.46. The SMILES string of the molecule is COc1c(C)c2cc(Cl)ccc2n1CC1CCOCC1. The minimum Gasteiger partial charge on any atom is -0.482 e. The summed E-state index contributed by atoms with van der Waals surface area (Å²) >= 11 is 6.12. The number of nitrogens with zero attached hydrogens (tertiary/aromatic N) is 1. The van der Waals surface area contributed by atoms with Gasteiger partial charge in [-0.15, -0.1) is 0 Å². The third kappa shape index (κ3) is 2.40. The summed E-state index contributed by atoms with van der Waals surface area (Å²) in [7, 11) is 1.74. The molecule has 0 spiro atoms. The fourth-order valence-corrected chi connectivity index (χ4v) is 3.27. The van der Waals surface area contributed by atoms with Crippen LogP contribution >= 0.6 is 11.6 Å². The van der Waals surface area contributed by atoms with Gasteiger partial charge in [0.05, 0.1) is 12.6 Å². The maximum Gasteiger partial charge on any atom is 0.197 e. The van der Waals surface area contributed by atoms with Gasteiger partial charge in [0.2, 0.25) is 0 Å².